The van der Waals surface area contributed by atoms with Crippen LogP contribution in [0, 0.1) is 0 Å². The van der Waals surface area contributed by atoms with Crippen molar-refractivity contribution in [1.82, 2.24) is 0 Å². The Hall–Kier alpha value is 0.400. The van der Waals surface area contributed by atoms with E-state index in [2.05, 4.69) is 15.9 Å². The third-order valence-electron chi connectivity index (χ3n) is 0.367. The van der Waals surface area contributed by atoms with Gasteiger partial charge in [0.05, 0.1) is 0 Å². The van der Waals surface area contributed by atoms with Gasteiger partial charge in [0.2, 0.25) is 0 Å². The zero-order chi connectivity index (χ0) is 4.99. The van der Waals surface area contributed by atoms with Crippen LogP contribution in [0.4, 0.5) is 0 Å². The molecule has 0 amide bonds. The molecule has 2 N–H and O–H groups in total. The van der Waals surface area contributed by atoms with Crippen molar-refractivity contribution in [2.24, 2.45) is 0 Å². The van der Waals surface area contributed by atoms with Gasteiger partial charge in [0.15, 0.2) is 6.29 Å². The van der Waals surface area contributed by atoms with E-state index in [1.165, 1.54) is 0 Å². The Kier molecular flexibility index (Phi) is 3.82. The molecule has 0 saturated heterocycles. The Morgan fingerprint density at radius 2 is 2.00 bits per heavy atom. The van der Waals surface area contributed by atoms with Gasteiger partial charge in [-0.25, -0.2) is 0 Å². The van der Waals surface area contributed by atoms with Gasteiger partial charge in [-0.1, -0.05) is 15.9 Å². The van der Waals surface area contributed by atoms with E-state index in [-0.39, 0.29) is 0 Å². The molecule has 0 saturated carbocycles. The van der Waals surface area contributed by atoms with Gasteiger partial charge in [0.1, 0.15) is 0 Å². The van der Waals surface area contributed by atoms with Crippen molar-refractivity contribution < 1.29 is 10.2 Å². The molecule has 0 rings (SSSR count). The molecule has 6 heavy (non-hydrogen) atoms. The number of alkyl halides is 1. The quantitative estimate of drug-likeness (QED) is 0.438. The summed E-state index contributed by atoms with van der Waals surface area (Å²) in [5.41, 5.74) is 0. The predicted octanol–water partition coefficient (Wildman–Crippen LogP) is 0.0821. The number of aliphatic hydroxyl groups excluding tert-OH is 1. The predicted molar refractivity (Wildman–Crippen MR) is 26.6 cm³/mol. The van der Waals surface area contributed by atoms with Crippen LogP contribution in [0.3, 0.4) is 0 Å². The molecule has 0 radical (unpaired) electrons. The second-order valence-corrected chi connectivity index (χ2v) is 1.75. The van der Waals surface area contributed by atoms with Gasteiger partial charge in [0.25, 0.3) is 0 Å². The summed E-state index contributed by atoms with van der Waals surface area (Å²) in [6.07, 6.45) is -0.746. The van der Waals surface area contributed by atoms with Gasteiger partial charge < -0.3 is 10.2 Å². The molecule has 38 valence electrons. The van der Waals surface area contributed by atoms with Gasteiger partial charge in [-0.2, -0.15) is 0 Å². The third kappa shape index (κ3) is 4.40. The van der Waals surface area contributed by atoms with Crippen molar-refractivity contribution in [3.8, 4) is 0 Å². The summed E-state index contributed by atoms with van der Waals surface area (Å²) in [7, 11) is 0. The summed E-state index contributed by atoms with van der Waals surface area (Å²) >= 11 is 3.03. The lowest BCUT2D eigenvalue weighted by atomic mass is 10.5. The van der Waals surface area contributed by atoms with Crippen molar-refractivity contribution >= 4 is 15.9 Å². The molecule has 0 heterocycles. The van der Waals surface area contributed by atoms with E-state index in [9.17, 15) is 0 Å². The van der Waals surface area contributed by atoms with Crippen molar-refractivity contribution in [2.75, 3.05) is 5.33 Å². The monoisotopic (exact) mass is 154 g/mol. The minimum absolute atomic E-state index is 0.403. The maximum atomic E-state index is 8.08. The molecule has 0 spiro atoms. The molecule has 0 aromatic rings. The number of rotatable bonds is 2. The zero-order valence-corrected chi connectivity index (χ0v) is 4.85. The lowest BCUT2D eigenvalue weighted by Gasteiger charge is -1.94. The normalized spacial score (nSPS) is 10.0. The average Bonchev–Trinajstić information content (AvgIpc) is 1.35. The highest BCUT2D eigenvalue weighted by atomic mass is 79.9. The first-order valence-corrected chi connectivity index (χ1v) is 2.81. The number of hydrogen-bond donors (Lipinski definition) is 2. The van der Waals surface area contributed by atoms with E-state index < -0.39 is 6.29 Å². The first-order chi connectivity index (χ1) is 2.77. The maximum Gasteiger partial charge on any atom is 0.152 e. The maximum absolute atomic E-state index is 8.08. The van der Waals surface area contributed by atoms with Crippen LogP contribution >= 0.6 is 15.9 Å². The Balaban J connectivity index is 2.63. The Morgan fingerprint density at radius 1 is 1.50 bits per heavy atom. The standard InChI is InChI=1S/C3H7BrO2/c4-2-1-3(5)6/h3,5-6H,1-2H2. The van der Waals surface area contributed by atoms with Crippen molar-refractivity contribution in [3.05, 3.63) is 0 Å². The van der Waals surface area contributed by atoms with E-state index >= 15 is 0 Å². The first-order valence-electron chi connectivity index (χ1n) is 1.69. The Morgan fingerprint density at radius 3 is 2.00 bits per heavy atom. The summed E-state index contributed by atoms with van der Waals surface area (Å²) in [5.74, 6) is 0. The van der Waals surface area contributed by atoms with Crippen molar-refractivity contribution in [1.29, 1.82) is 0 Å². The second-order valence-electron chi connectivity index (χ2n) is 0.958. The van der Waals surface area contributed by atoms with Gasteiger partial charge in [-0.3, -0.25) is 0 Å². The lowest BCUT2D eigenvalue weighted by Crippen LogP contribution is -2.03. The molecule has 0 unspecified atom stereocenters. The molecule has 3 heteroatoms. The van der Waals surface area contributed by atoms with Gasteiger partial charge in [0, 0.05) is 11.8 Å². The molecular weight excluding hydrogens is 148 g/mol. The van der Waals surface area contributed by atoms with E-state index in [4.69, 9.17) is 10.2 Å². The van der Waals surface area contributed by atoms with E-state index in [1.54, 1.807) is 0 Å². The highest BCUT2D eigenvalue weighted by Gasteiger charge is 1.90. The molecule has 0 aliphatic heterocycles. The topological polar surface area (TPSA) is 40.5 Å². The largest absolute Gasteiger partial charge is 0.368 e. The number of hydrogen-bond acceptors (Lipinski definition) is 2. The molecule has 0 aromatic heterocycles. The summed E-state index contributed by atoms with van der Waals surface area (Å²) in [6.45, 7) is 0. The zero-order valence-electron chi connectivity index (χ0n) is 3.26. The SMILES string of the molecule is OC(O)CCBr. The smallest absolute Gasteiger partial charge is 0.152 e. The molecule has 0 aliphatic rings. The molecular formula is C3H7BrO2. The fraction of sp³-hybridized carbons (Fsp3) is 1.00. The average molecular weight is 155 g/mol. The minimum Gasteiger partial charge on any atom is -0.368 e. The minimum atomic E-state index is -1.15. The van der Waals surface area contributed by atoms with E-state index in [0.29, 0.717) is 11.8 Å². The van der Waals surface area contributed by atoms with Crippen LogP contribution in [-0.2, 0) is 0 Å². The van der Waals surface area contributed by atoms with Crippen LogP contribution in [0.5, 0.6) is 0 Å². The van der Waals surface area contributed by atoms with Crippen LogP contribution in [0.1, 0.15) is 6.42 Å². The highest BCUT2D eigenvalue weighted by molar-refractivity contribution is 9.09. The lowest BCUT2D eigenvalue weighted by molar-refractivity contribution is -0.0402. The molecule has 0 fully saturated rings. The van der Waals surface area contributed by atoms with E-state index in [0.717, 1.165) is 0 Å². The fourth-order valence-corrected chi connectivity index (χ4v) is 0.507. The van der Waals surface area contributed by atoms with Crippen molar-refractivity contribution in [2.45, 2.75) is 12.7 Å². The van der Waals surface area contributed by atoms with Crippen LogP contribution in [0.15, 0.2) is 0 Å². The Bertz CT molecular complexity index is 30.0. The molecule has 2 nitrogen and oxygen atoms in total. The number of aliphatic hydroxyl groups is 2. The summed E-state index contributed by atoms with van der Waals surface area (Å²) in [6, 6.07) is 0. The van der Waals surface area contributed by atoms with Gasteiger partial charge in [-0.05, 0) is 0 Å². The highest BCUT2D eigenvalue weighted by Crippen LogP contribution is 1.89. The van der Waals surface area contributed by atoms with Gasteiger partial charge in [-0.15, -0.1) is 0 Å². The summed E-state index contributed by atoms with van der Waals surface area (Å²) < 4.78 is 0. The Labute approximate surface area is 44.9 Å². The summed E-state index contributed by atoms with van der Waals surface area (Å²) in [5, 5.41) is 16.8. The van der Waals surface area contributed by atoms with Gasteiger partial charge >= 0.3 is 0 Å². The second kappa shape index (κ2) is 3.59. The first kappa shape index (κ1) is 6.40. The van der Waals surface area contributed by atoms with Crippen LogP contribution < -0.4 is 0 Å². The molecule has 0 atom stereocenters. The molecule has 0 bridgehead atoms. The van der Waals surface area contributed by atoms with Crippen LogP contribution in [0.25, 0.3) is 0 Å². The number of halogens is 1. The van der Waals surface area contributed by atoms with Crippen LogP contribution in [0.2, 0.25) is 0 Å². The van der Waals surface area contributed by atoms with Crippen molar-refractivity contribution in [3.63, 3.8) is 0 Å². The van der Waals surface area contributed by atoms with Crippen LogP contribution in [-0.4, -0.2) is 21.8 Å². The van der Waals surface area contributed by atoms with E-state index in [1.807, 2.05) is 0 Å². The summed E-state index contributed by atoms with van der Waals surface area (Å²) in [4.78, 5) is 0. The third-order valence-corrected chi connectivity index (χ3v) is 0.825. The fourth-order valence-electron chi connectivity index (χ4n) is 0.0976. The molecule has 0 aromatic carbocycles. The molecule has 0 aliphatic carbocycles.